The van der Waals surface area contributed by atoms with Crippen LogP contribution in [-0.2, 0) is 4.74 Å². The van der Waals surface area contributed by atoms with E-state index in [1.165, 1.54) is 0 Å². The largest absolute Gasteiger partial charge is 0.480 e. The summed E-state index contributed by atoms with van der Waals surface area (Å²) in [6.45, 7) is 0. The number of ether oxygens (including phenoxy) is 1. The van der Waals surface area contributed by atoms with Crippen molar-refractivity contribution in [3.63, 3.8) is 0 Å². The summed E-state index contributed by atoms with van der Waals surface area (Å²) < 4.78 is 5.23. The summed E-state index contributed by atoms with van der Waals surface area (Å²) in [6.07, 6.45) is 0.801. The lowest BCUT2D eigenvalue weighted by molar-refractivity contribution is 0.112. The van der Waals surface area contributed by atoms with Gasteiger partial charge in [0.2, 0.25) is 5.90 Å². The third-order valence-electron chi connectivity index (χ3n) is 2.55. The van der Waals surface area contributed by atoms with E-state index >= 15 is 0 Å². The van der Waals surface area contributed by atoms with E-state index in [9.17, 15) is 4.79 Å². The molecule has 0 aromatic heterocycles. The van der Waals surface area contributed by atoms with Gasteiger partial charge in [-0.1, -0.05) is 30.3 Å². The Balaban J connectivity index is 2.16. The molecular formula is C15H14N2O2. The van der Waals surface area contributed by atoms with Crippen LogP contribution in [0.5, 0.6) is 0 Å². The first kappa shape index (κ1) is 12.8. The van der Waals surface area contributed by atoms with Crippen LogP contribution >= 0.6 is 0 Å². The van der Waals surface area contributed by atoms with Gasteiger partial charge >= 0.3 is 0 Å². The number of benzene rings is 2. The zero-order valence-corrected chi connectivity index (χ0v) is 10.5. The number of methoxy groups -OCH3 is 1. The van der Waals surface area contributed by atoms with Gasteiger partial charge in [-0.3, -0.25) is 10.2 Å². The maximum Gasteiger partial charge on any atom is 0.238 e. The molecule has 96 valence electrons. The van der Waals surface area contributed by atoms with Crippen LogP contribution in [0.25, 0.3) is 0 Å². The molecular weight excluding hydrogens is 240 g/mol. The first-order chi connectivity index (χ1) is 9.33. The van der Waals surface area contributed by atoms with E-state index in [0.717, 1.165) is 17.5 Å². The third kappa shape index (κ3) is 3.42. The van der Waals surface area contributed by atoms with Crippen LogP contribution in [0.15, 0.2) is 59.7 Å². The van der Waals surface area contributed by atoms with Crippen LogP contribution in [0.4, 0.5) is 5.69 Å². The Morgan fingerprint density at radius 1 is 1.11 bits per heavy atom. The molecule has 1 N–H and O–H groups in total. The molecule has 0 aliphatic carbocycles. The van der Waals surface area contributed by atoms with Gasteiger partial charge in [-0.2, -0.15) is 0 Å². The molecule has 0 radical (unpaired) electrons. The van der Waals surface area contributed by atoms with Crippen molar-refractivity contribution >= 4 is 17.9 Å². The Bertz CT molecular complexity index is 562. The van der Waals surface area contributed by atoms with Crippen LogP contribution in [-0.4, -0.2) is 19.3 Å². The molecule has 0 heterocycles. The van der Waals surface area contributed by atoms with E-state index in [4.69, 9.17) is 4.74 Å². The fourth-order valence-electron chi connectivity index (χ4n) is 1.56. The summed E-state index contributed by atoms with van der Waals surface area (Å²) in [4.78, 5) is 10.6. The minimum atomic E-state index is 0.460. The van der Waals surface area contributed by atoms with Gasteiger partial charge in [0.15, 0.2) is 0 Å². The smallest absolute Gasteiger partial charge is 0.238 e. The Labute approximate surface area is 111 Å². The normalized spacial score (nSPS) is 10.9. The summed E-state index contributed by atoms with van der Waals surface area (Å²) in [5, 5.41) is 4.19. The zero-order valence-electron chi connectivity index (χ0n) is 10.5. The van der Waals surface area contributed by atoms with Crippen LogP contribution in [0, 0.1) is 0 Å². The summed E-state index contributed by atoms with van der Waals surface area (Å²) >= 11 is 0. The molecule has 0 atom stereocenters. The maximum atomic E-state index is 10.6. The summed E-state index contributed by atoms with van der Waals surface area (Å²) in [5.41, 5.74) is 5.22. The molecule has 0 saturated heterocycles. The maximum absolute atomic E-state index is 10.6. The predicted octanol–water partition coefficient (Wildman–Crippen LogP) is 2.92. The number of carbonyl (C=O) groups excluding carboxylic acids is 1. The molecule has 0 spiro atoms. The van der Waals surface area contributed by atoms with Crippen LogP contribution in [0.2, 0.25) is 0 Å². The lowest BCUT2D eigenvalue weighted by atomic mass is 10.1. The molecule has 2 rings (SSSR count). The predicted molar refractivity (Wildman–Crippen MR) is 75.4 cm³/mol. The number of anilines is 1. The molecule has 0 bridgehead atoms. The van der Waals surface area contributed by atoms with E-state index in [1.807, 2.05) is 30.3 Å². The first-order valence-corrected chi connectivity index (χ1v) is 5.82. The topological polar surface area (TPSA) is 50.7 Å². The van der Waals surface area contributed by atoms with E-state index in [1.54, 1.807) is 31.4 Å². The average molecular weight is 254 g/mol. The molecule has 4 heteroatoms. The summed E-state index contributed by atoms with van der Waals surface area (Å²) in [6, 6.07) is 16.6. The monoisotopic (exact) mass is 254 g/mol. The van der Waals surface area contributed by atoms with Crippen molar-refractivity contribution in [2.24, 2.45) is 5.10 Å². The fraction of sp³-hybridized carbons (Fsp3) is 0.0667. The van der Waals surface area contributed by atoms with Crippen LogP contribution in [0.1, 0.15) is 15.9 Å². The lowest BCUT2D eigenvalue weighted by Crippen LogP contribution is -2.06. The molecule has 0 unspecified atom stereocenters. The SMILES string of the molecule is COC(=NNc1ccccc1)c1ccc(C=O)cc1. The molecule has 0 fully saturated rings. The van der Waals surface area contributed by atoms with Crippen molar-refractivity contribution < 1.29 is 9.53 Å². The minimum absolute atomic E-state index is 0.460. The highest BCUT2D eigenvalue weighted by Crippen LogP contribution is 2.08. The summed E-state index contributed by atoms with van der Waals surface area (Å²) in [5.74, 6) is 0.460. The summed E-state index contributed by atoms with van der Waals surface area (Å²) in [7, 11) is 1.55. The number of rotatable bonds is 4. The van der Waals surface area contributed by atoms with Crippen LogP contribution in [0.3, 0.4) is 0 Å². The quantitative estimate of drug-likeness (QED) is 0.395. The zero-order chi connectivity index (χ0) is 13.5. The van der Waals surface area contributed by atoms with Crippen molar-refractivity contribution in [1.29, 1.82) is 0 Å². The lowest BCUT2D eigenvalue weighted by Gasteiger charge is -2.06. The Kier molecular flexibility index (Phi) is 4.29. The van der Waals surface area contributed by atoms with Gasteiger partial charge in [0.1, 0.15) is 6.29 Å². The van der Waals surface area contributed by atoms with Crippen LogP contribution < -0.4 is 5.43 Å². The molecule has 2 aromatic rings. The number of hydrogen-bond donors (Lipinski definition) is 1. The second-order valence-corrected chi connectivity index (χ2v) is 3.84. The number of aldehydes is 1. The standard InChI is InChI=1S/C15H14N2O2/c1-19-15(13-9-7-12(11-18)8-10-13)17-16-14-5-3-2-4-6-14/h2-11,16H,1H3. The van der Waals surface area contributed by atoms with E-state index < -0.39 is 0 Å². The Morgan fingerprint density at radius 3 is 2.37 bits per heavy atom. The van der Waals surface area contributed by atoms with Crippen molar-refractivity contribution in [2.75, 3.05) is 12.5 Å². The number of nitrogens with zero attached hydrogens (tertiary/aromatic N) is 1. The van der Waals surface area contributed by atoms with Crippen molar-refractivity contribution in [3.05, 3.63) is 65.7 Å². The molecule has 0 aliphatic heterocycles. The highest BCUT2D eigenvalue weighted by molar-refractivity contribution is 5.95. The number of hydrogen-bond acceptors (Lipinski definition) is 4. The van der Waals surface area contributed by atoms with Crippen molar-refractivity contribution in [2.45, 2.75) is 0 Å². The van der Waals surface area contributed by atoms with Gasteiger partial charge in [0.25, 0.3) is 0 Å². The van der Waals surface area contributed by atoms with Gasteiger partial charge in [-0.05, 0) is 24.3 Å². The van der Waals surface area contributed by atoms with Gasteiger partial charge in [-0.25, -0.2) is 0 Å². The van der Waals surface area contributed by atoms with Gasteiger partial charge in [0.05, 0.1) is 12.8 Å². The van der Waals surface area contributed by atoms with Gasteiger partial charge in [0, 0.05) is 11.1 Å². The Morgan fingerprint density at radius 2 is 1.79 bits per heavy atom. The third-order valence-corrected chi connectivity index (χ3v) is 2.55. The molecule has 0 aliphatic rings. The van der Waals surface area contributed by atoms with E-state index in [2.05, 4.69) is 10.5 Å². The number of para-hydroxylation sites is 1. The second kappa shape index (κ2) is 6.35. The van der Waals surface area contributed by atoms with E-state index in [0.29, 0.717) is 11.5 Å². The highest BCUT2D eigenvalue weighted by Gasteiger charge is 2.03. The number of nitrogens with one attached hydrogen (secondary N) is 1. The van der Waals surface area contributed by atoms with Crippen molar-refractivity contribution in [1.82, 2.24) is 0 Å². The molecule has 0 saturated carbocycles. The number of hydrazone groups is 1. The molecule has 19 heavy (non-hydrogen) atoms. The highest BCUT2D eigenvalue weighted by atomic mass is 16.5. The Hall–Kier alpha value is -2.62. The molecule has 4 nitrogen and oxygen atoms in total. The second-order valence-electron chi connectivity index (χ2n) is 3.84. The molecule has 2 aromatic carbocycles. The first-order valence-electron chi connectivity index (χ1n) is 5.82. The van der Waals surface area contributed by atoms with Gasteiger partial charge in [-0.15, -0.1) is 5.10 Å². The van der Waals surface area contributed by atoms with E-state index in [-0.39, 0.29) is 0 Å². The molecule has 0 amide bonds. The fourth-order valence-corrected chi connectivity index (χ4v) is 1.56. The minimum Gasteiger partial charge on any atom is -0.480 e. The van der Waals surface area contributed by atoms with Gasteiger partial charge < -0.3 is 4.74 Å². The number of carbonyl (C=O) groups is 1. The van der Waals surface area contributed by atoms with Crippen molar-refractivity contribution in [3.8, 4) is 0 Å². The average Bonchev–Trinajstić information content (AvgIpc) is 2.49.